The van der Waals surface area contributed by atoms with Crippen LogP contribution in [0.5, 0.6) is 11.5 Å². The molecule has 1 fully saturated rings. The quantitative estimate of drug-likeness (QED) is 0.739. The molecule has 27 heavy (non-hydrogen) atoms. The van der Waals surface area contributed by atoms with E-state index in [0.29, 0.717) is 23.3 Å². The van der Waals surface area contributed by atoms with Crippen molar-refractivity contribution in [2.75, 3.05) is 14.2 Å². The predicted octanol–water partition coefficient (Wildman–Crippen LogP) is 3.12. The molecule has 1 aliphatic carbocycles. The van der Waals surface area contributed by atoms with E-state index in [2.05, 4.69) is 19.2 Å². The highest BCUT2D eigenvalue weighted by atomic mass is 16.5. The molecule has 1 aromatic rings. The second-order valence-electron chi connectivity index (χ2n) is 7.38. The summed E-state index contributed by atoms with van der Waals surface area (Å²) in [6.45, 7) is 6.00. The minimum atomic E-state index is -0.818. The van der Waals surface area contributed by atoms with Crippen molar-refractivity contribution in [3.05, 3.63) is 23.8 Å². The highest BCUT2D eigenvalue weighted by molar-refractivity contribution is 5.84. The molecule has 2 rings (SSSR count). The molecule has 1 N–H and O–H groups in total. The zero-order valence-corrected chi connectivity index (χ0v) is 16.9. The van der Waals surface area contributed by atoms with Crippen LogP contribution in [0.2, 0.25) is 0 Å². The monoisotopic (exact) mass is 377 g/mol. The van der Waals surface area contributed by atoms with Gasteiger partial charge in [0.05, 0.1) is 20.6 Å². The molecule has 0 saturated heterocycles. The summed E-state index contributed by atoms with van der Waals surface area (Å²) >= 11 is 0. The molecule has 1 aliphatic rings. The number of ether oxygens (including phenoxy) is 3. The van der Waals surface area contributed by atoms with Gasteiger partial charge in [-0.15, -0.1) is 0 Å². The topological polar surface area (TPSA) is 73.9 Å². The first-order valence-electron chi connectivity index (χ1n) is 9.56. The fourth-order valence-electron chi connectivity index (χ4n) is 3.54. The number of rotatable bonds is 7. The lowest BCUT2D eigenvalue weighted by atomic mass is 9.78. The maximum Gasteiger partial charge on any atom is 0.311 e. The van der Waals surface area contributed by atoms with E-state index >= 15 is 0 Å². The van der Waals surface area contributed by atoms with Gasteiger partial charge in [-0.3, -0.25) is 9.59 Å². The number of nitrogens with one attached hydrogen (secondary N) is 1. The Balaban J connectivity index is 1.88. The number of carbonyl (C=O) groups excluding carboxylic acids is 2. The van der Waals surface area contributed by atoms with Crippen molar-refractivity contribution < 1.29 is 23.8 Å². The van der Waals surface area contributed by atoms with Gasteiger partial charge in [-0.25, -0.2) is 0 Å². The molecule has 6 nitrogen and oxygen atoms in total. The lowest BCUT2D eigenvalue weighted by molar-refractivity contribution is -0.154. The fraction of sp³-hybridized carbons (Fsp3) is 0.619. The summed E-state index contributed by atoms with van der Waals surface area (Å²) in [5.74, 6) is 1.48. The molecule has 1 saturated carbocycles. The average molecular weight is 377 g/mol. The number of hydrogen-bond acceptors (Lipinski definition) is 5. The third kappa shape index (κ3) is 5.62. The van der Waals surface area contributed by atoms with Gasteiger partial charge in [0.1, 0.15) is 0 Å². The van der Waals surface area contributed by atoms with Crippen LogP contribution in [0.25, 0.3) is 0 Å². The number of esters is 1. The van der Waals surface area contributed by atoms with Crippen LogP contribution in [0.3, 0.4) is 0 Å². The molecule has 0 spiro atoms. The third-order valence-corrected chi connectivity index (χ3v) is 5.51. The number of methoxy groups -OCH3 is 2. The highest BCUT2D eigenvalue weighted by Gasteiger charge is 2.30. The summed E-state index contributed by atoms with van der Waals surface area (Å²) in [5.41, 5.74) is 0.736. The summed E-state index contributed by atoms with van der Waals surface area (Å²) in [5, 5.41) is 3.05. The Kier molecular flexibility index (Phi) is 7.51. The van der Waals surface area contributed by atoms with E-state index in [0.717, 1.165) is 18.4 Å². The van der Waals surface area contributed by atoms with Crippen molar-refractivity contribution in [1.29, 1.82) is 0 Å². The van der Waals surface area contributed by atoms with Gasteiger partial charge in [-0.1, -0.05) is 32.8 Å². The molecule has 4 atom stereocenters. The van der Waals surface area contributed by atoms with Gasteiger partial charge in [-0.05, 0) is 42.9 Å². The molecule has 0 radical (unpaired) electrons. The Bertz CT molecular complexity index is 660. The summed E-state index contributed by atoms with van der Waals surface area (Å²) in [7, 11) is 3.10. The first-order valence-corrected chi connectivity index (χ1v) is 9.56. The third-order valence-electron chi connectivity index (χ3n) is 5.51. The van der Waals surface area contributed by atoms with Crippen molar-refractivity contribution in [2.45, 2.75) is 58.6 Å². The Morgan fingerprint density at radius 1 is 1.15 bits per heavy atom. The smallest absolute Gasteiger partial charge is 0.311 e. The van der Waals surface area contributed by atoms with Gasteiger partial charge in [-0.2, -0.15) is 0 Å². The summed E-state index contributed by atoms with van der Waals surface area (Å²) in [6.07, 6.45) is 2.54. The Hall–Kier alpha value is -2.24. The minimum absolute atomic E-state index is 0.0643. The molecule has 150 valence electrons. The second kappa shape index (κ2) is 9.62. The van der Waals surface area contributed by atoms with Crippen LogP contribution in [0.15, 0.2) is 18.2 Å². The maximum absolute atomic E-state index is 12.4. The van der Waals surface area contributed by atoms with Crippen LogP contribution >= 0.6 is 0 Å². The van der Waals surface area contributed by atoms with E-state index < -0.39 is 12.1 Å². The molecule has 0 heterocycles. The lowest BCUT2D eigenvalue weighted by Gasteiger charge is -2.35. The van der Waals surface area contributed by atoms with Crippen LogP contribution in [0.4, 0.5) is 0 Å². The number of carbonyl (C=O) groups is 2. The first-order chi connectivity index (χ1) is 12.8. The Labute approximate surface area is 161 Å². The number of amides is 1. The number of hydrogen-bond donors (Lipinski definition) is 1. The molecule has 0 aromatic heterocycles. The van der Waals surface area contributed by atoms with Crippen molar-refractivity contribution in [1.82, 2.24) is 5.32 Å². The molecule has 0 aliphatic heterocycles. The van der Waals surface area contributed by atoms with Crippen molar-refractivity contribution in [2.24, 2.45) is 11.8 Å². The van der Waals surface area contributed by atoms with E-state index in [1.54, 1.807) is 39.3 Å². The molecule has 4 unspecified atom stereocenters. The first kappa shape index (κ1) is 21.1. The Morgan fingerprint density at radius 3 is 2.52 bits per heavy atom. The summed E-state index contributed by atoms with van der Waals surface area (Å²) in [4.78, 5) is 24.6. The molecular formula is C21H31NO5. The van der Waals surface area contributed by atoms with Crippen molar-refractivity contribution >= 4 is 11.9 Å². The average Bonchev–Trinajstić information content (AvgIpc) is 2.65. The largest absolute Gasteiger partial charge is 0.493 e. The van der Waals surface area contributed by atoms with Gasteiger partial charge in [0.15, 0.2) is 17.6 Å². The SMILES string of the molecule is COc1ccc(CC(=O)OC(C)C(=O)NC2CCCC(C)C2C)cc1OC. The highest BCUT2D eigenvalue weighted by Crippen LogP contribution is 2.30. The minimum Gasteiger partial charge on any atom is -0.493 e. The predicted molar refractivity (Wildman–Crippen MR) is 103 cm³/mol. The van der Waals surface area contributed by atoms with Gasteiger partial charge < -0.3 is 19.5 Å². The number of benzene rings is 1. The van der Waals surface area contributed by atoms with Crippen LogP contribution in [-0.4, -0.2) is 38.2 Å². The van der Waals surface area contributed by atoms with E-state index in [1.165, 1.54) is 6.42 Å². The molecule has 0 bridgehead atoms. The zero-order chi connectivity index (χ0) is 20.0. The maximum atomic E-state index is 12.4. The van der Waals surface area contributed by atoms with Crippen LogP contribution in [0.1, 0.15) is 45.6 Å². The van der Waals surface area contributed by atoms with Crippen molar-refractivity contribution in [3.63, 3.8) is 0 Å². The lowest BCUT2D eigenvalue weighted by Crippen LogP contribution is -2.47. The molecular weight excluding hydrogens is 346 g/mol. The second-order valence-corrected chi connectivity index (χ2v) is 7.38. The van der Waals surface area contributed by atoms with Crippen LogP contribution in [0, 0.1) is 11.8 Å². The van der Waals surface area contributed by atoms with Crippen LogP contribution in [-0.2, 0) is 20.7 Å². The van der Waals surface area contributed by atoms with Gasteiger partial charge in [0.25, 0.3) is 5.91 Å². The van der Waals surface area contributed by atoms with Gasteiger partial charge >= 0.3 is 5.97 Å². The van der Waals surface area contributed by atoms with Crippen molar-refractivity contribution in [3.8, 4) is 11.5 Å². The molecule has 1 amide bonds. The van der Waals surface area contributed by atoms with E-state index in [4.69, 9.17) is 14.2 Å². The summed E-state index contributed by atoms with van der Waals surface area (Å²) < 4.78 is 15.8. The fourth-order valence-corrected chi connectivity index (χ4v) is 3.54. The van der Waals surface area contributed by atoms with E-state index in [9.17, 15) is 9.59 Å². The standard InChI is InChI=1S/C21H31NO5/c1-13-7-6-8-17(14(13)2)22-21(24)15(3)27-20(23)12-16-9-10-18(25-4)19(11-16)26-5/h9-11,13-15,17H,6-8,12H2,1-5H3,(H,22,24). The summed E-state index contributed by atoms with van der Waals surface area (Å²) in [6, 6.07) is 5.39. The zero-order valence-electron chi connectivity index (χ0n) is 16.9. The Morgan fingerprint density at radius 2 is 1.85 bits per heavy atom. The normalized spacial score (nSPS) is 23.2. The van der Waals surface area contributed by atoms with Crippen LogP contribution < -0.4 is 14.8 Å². The molecule has 1 aromatic carbocycles. The van der Waals surface area contributed by atoms with E-state index in [-0.39, 0.29) is 18.4 Å². The molecule has 6 heteroatoms. The van der Waals surface area contributed by atoms with Gasteiger partial charge in [0, 0.05) is 6.04 Å². The van der Waals surface area contributed by atoms with E-state index in [1.807, 2.05) is 0 Å². The van der Waals surface area contributed by atoms with Gasteiger partial charge in [0.2, 0.25) is 0 Å².